The van der Waals surface area contributed by atoms with Crippen LogP contribution in [0.2, 0.25) is 0 Å². The van der Waals surface area contributed by atoms with Gasteiger partial charge in [-0.3, -0.25) is 14.4 Å². The molecule has 2 N–H and O–H groups in total. The summed E-state index contributed by atoms with van der Waals surface area (Å²) in [4.78, 5) is 38.2. The highest BCUT2D eigenvalue weighted by molar-refractivity contribution is 5.87. The largest absolute Gasteiger partial charge is 0.353 e. The van der Waals surface area contributed by atoms with E-state index in [1.807, 2.05) is 11.8 Å². The molecule has 0 bridgehead atoms. The van der Waals surface area contributed by atoms with Crippen molar-refractivity contribution in [2.45, 2.75) is 71.4 Å². The van der Waals surface area contributed by atoms with Gasteiger partial charge in [0.05, 0.1) is 0 Å². The molecule has 0 saturated carbocycles. The molecule has 0 radical (unpaired) electrons. The lowest BCUT2D eigenvalue weighted by molar-refractivity contribution is -0.135. The first kappa shape index (κ1) is 18.7. The molecule has 0 unspecified atom stereocenters. The van der Waals surface area contributed by atoms with Crippen LogP contribution in [0.25, 0.3) is 0 Å². The molecule has 0 aromatic heterocycles. The predicted molar refractivity (Wildman–Crippen MR) is 92.1 cm³/mol. The Morgan fingerprint density at radius 2 is 1.96 bits per heavy atom. The van der Waals surface area contributed by atoms with E-state index in [2.05, 4.69) is 24.5 Å². The summed E-state index contributed by atoms with van der Waals surface area (Å²) in [5, 5.41) is 6.02. The number of likely N-dealkylation sites (tertiary alicyclic amines) is 1. The van der Waals surface area contributed by atoms with Crippen molar-refractivity contribution in [2.75, 3.05) is 13.1 Å². The van der Waals surface area contributed by atoms with E-state index < -0.39 is 0 Å². The van der Waals surface area contributed by atoms with Gasteiger partial charge in [-0.2, -0.15) is 0 Å². The van der Waals surface area contributed by atoms with Gasteiger partial charge in [-0.05, 0) is 31.6 Å². The maximum Gasteiger partial charge on any atom is 0.223 e. The van der Waals surface area contributed by atoms with Crippen LogP contribution in [-0.4, -0.2) is 47.8 Å². The van der Waals surface area contributed by atoms with E-state index in [4.69, 9.17) is 0 Å². The van der Waals surface area contributed by atoms with Gasteiger partial charge in [0.2, 0.25) is 17.7 Å². The number of carbonyl (C=O) groups excluding carboxylic acids is 3. The third-order valence-electron chi connectivity index (χ3n) is 5.01. The van der Waals surface area contributed by atoms with Crippen LogP contribution >= 0.6 is 0 Å². The van der Waals surface area contributed by atoms with Crippen LogP contribution in [0.1, 0.15) is 59.3 Å². The maximum absolute atomic E-state index is 12.5. The molecule has 2 atom stereocenters. The summed E-state index contributed by atoms with van der Waals surface area (Å²) in [6.07, 6.45) is 4.05. The summed E-state index contributed by atoms with van der Waals surface area (Å²) in [6.45, 7) is 7.54. The quantitative estimate of drug-likeness (QED) is 0.797. The monoisotopic (exact) mass is 337 g/mol. The topological polar surface area (TPSA) is 78.5 Å². The molecule has 24 heavy (non-hydrogen) atoms. The predicted octanol–water partition coefficient (Wildman–Crippen LogP) is 1.44. The van der Waals surface area contributed by atoms with E-state index in [-0.39, 0.29) is 42.1 Å². The van der Waals surface area contributed by atoms with E-state index in [0.29, 0.717) is 25.4 Å². The Bertz CT molecular complexity index is 470. The van der Waals surface area contributed by atoms with Crippen molar-refractivity contribution < 1.29 is 14.4 Å². The number of carbonyl (C=O) groups is 3. The standard InChI is InChI=1S/C18H31N3O3/c1-4-14-10-13(11-16(22)19-14)18(24)20-15-5-7-21(8-6-15)17(23)9-12(2)3/h12-15H,4-11H2,1-3H3,(H,19,22)(H,20,24)/t13-,14-/m0/s1. The highest BCUT2D eigenvalue weighted by Gasteiger charge is 2.32. The summed E-state index contributed by atoms with van der Waals surface area (Å²) in [7, 11) is 0. The van der Waals surface area contributed by atoms with Gasteiger partial charge in [-0.25, -0.2) is 0 Å². The number of nitrogens with zero attached hydrogens (tertiary/aromatic N) is 1. The Kier molecular flexibility index (Phi) is 6.63. The zero-order chi connectivity index (χ0) is 17.7. The number of piperidine rings is 2. The van der Waals surface area contributed by atoms with E-state index in [1.165, 1.54) is 0 Å². The Balaban J connectivity index is 1.78. The third-order valence-corrected chi connectivity index (χ3v) is 5.01. The van der Waals surface area contributed by atoms with Crippen molar-refractivity contribution in [3.05, 3.63) is 0 Å². The van der Waals surface area contributed by atoms with Crippen molar-refractivity contribution in [3.8, 4) is 0 Å². The summed E-state index contributed by atoms with van der Waals surface area (Å²) >= 11 is 0. The molecule has 2 aliphatic rings. The van der Waals surface area contributed by atoms with Gasteiger partial charge in [0, 0.05) is 43.9 Å². The molecule has 2 aliphatic heterocycles. The summed E-state index contributed by atoms with van der Waals surface area (Å²) in [6, 6.07) is 0.225. The SMILES string of the molecule is CC[C@H]1C[C@H](C(=O)NC2CCN(C(=O)CC(C)C)CC2)CC(=O)N1. The Hall–Kier alpha value is -1.59. The molecule has 2 saturated heterocycles. The lowest BCUT2D eigenvalue weighted by atomic mass is 9.89. The van der Waals surface area contributed by atoms with Crippen LogP contribution in [0.15, 0.2) is 0 Å². The minimum atomic E-state index is -0.218. The minimum absolute atomic E-state index is 0.00439. The molecular formula is C18H31N3O3. The summed E-state index contributed by atoms with van der Waals surface area (Å²) in [5.74, 6) is 0.338. The second-order valence-corrected chi connectivity index (χ2v) is 7.57. The highest BCUT2D eigenvalue weighted by atomic mass is 16.2. The smallest absolute Gasteiger partial charge is 0.223 e. The molecule has 0 aromatic rings. The highest BCUT2D eigenvalue weighted by Crippen LogP contribution is 2.20. The molecule has 2 heterocycles. The van der Waals surface area contributed by atoms with Gasteiger partial charge in [-0.1, -0.05) is 20.8 Å². The molecule has 3 amide bonds. The number of nitrogens with one attached hydrogen (secondary N) is 2. The lowest BCUT2D eigenvalue weighted by Crippen LogP contribution is -2.51. The number of rotatable bonds is 5. The Morgan fingerprint density at radius 3 is 2.54 bits per heavy atom. The molecular weight excluding hydrogens is 306 g/mol. The van der Waals surface area contributed by atoms with Crippen LogP contribution in [-0.2, 0) is 14.4 Å². The van der Waals surface area contributed by atoms with E-state index in [1.54, 1.807) is 0 Å². The van der Waals surface area contributed by atoms with Crippen molar-refractivity contribution in [1.82, 2.24) is 15.5 Å². The Labute approximate surface area is 144 Å². The Morgan fingerprint density at radius 1 is 1.29 bits per heavy atom. The minimum Gasteiger partial charge on any atom is -0.353 e. The van der Waals surface area contributed by atoms with Gasteiger partial charge in [0.1, 0.15) is 0 Å². The van der Waals surface area contributed by atoms with Crippen molar-refractivity contribution >= 4 is 17.7 Å². The first-order chi connectivity index (χ1) is 11.4. The lowest BCUT2D eigenvalue weighted by Gasteiger charge is -2.34. The molecule has 6 heteroatoms. The number of hydrogen-bond donors (Lipinski definition) is 2. The summed E-state index contributed by atoms with van der Waals surface area (Å²) < 4.78 is 0. The molecule has 0 aromatic carbocycles. The van der Waals surface area contributed by atoms with Gasteiger partial charge in [-0.15, -0.1) is 0 Å². The zero-order valence-electron chi connectivity index (χ0n) is 15.1. The van der Waals surface area contributed by atoms with Crippen LogP contribution in [0.4, 0.5) is 0 Å². The van der Waals surface area contributed by atoms with Crippen molar-refractivity contribution in [2.24, 2.45) is 11.8 Å². The van der Waals surface area contributed by atoms with Crippen molar-refractivity contribution in [3.63, 3.8) is 0 Å². The maximum atomic E-state index is 12.5. The molecule has 2 fully saturated rings. The molecule has 0 spiro atoms. The summed E-state index contributed by atoms with van der Waals surface area (Å²) in [5.41, 5.74) is 0. The van der Waals surface area contributed by atoms with Crippen LogP contribution < -0.4 is 10.6 Å². The second-order valence-electron chi connectivity index (χ2n) is 7.57. The fourth-order valence-corrected chi connectivity index (χ4v) is 3.54. The van der Waals surface area contributed by atoms with Gasteiger partial charge < -0.3 is 15.5 Å². The molecule has 2 rings (SSSR count). The number of hydrogen-bond acceptors (Lipinski definition) is 3. The molecule has 6 nitrogen and oxygen atoms in total. The van der Waals surface area contributed by atoms with Crippen LogP contribution in [0, 0.1) is 11.8 Å². The molecule has 0 aliphatic carbocycles. The van der Waals surface area contributed by atoms with Gasteiger partial charge in [0.15, 0.2) is 0 Å². The normalized spacial score (nSPS) is 25.5. The fraction of sp³-hybridized carbons (Fsp3) is 0.833. The van der Waals surface area contributed by atoms with Crippen LogP contribution in [0.5, 0.6) is 0 Å². The van der Waals surface area contributed by atoms with Gasteiger partial charge >= 0.3 is 0 Å². The zero-order valence-corrected chi connectivity index (χ0v) is 15.1. The van der Waals surface area contributed by atoms with E-state index >= 15 is 0 Å². The van der Waals surface area contributed by atoms with Crippen LogP contribution in [0.3, 0.4) is 0 Å². The average molecular weight is 337 g/mol. The molecule has 136 valence electrons. The van der Waals surface area contributed by atoms with E-state index in [0.717, 1.165) is 25.7 Å². The van der Waals surface area contributed by atoms with Crippen molar-refractivity contribution in [1.29, 1.82) is 0 Å². The third kappa shape index (κ3) is 5.21. The second kappa shape index (κ2) is 8.49. The van der Waals surface area contributed by atoms with Gasteiger partial charge in [0.25, 0.3) is 0 Å². The first-order valence-corrected chi connectivity index (χ1v) is 9.26. The first-order valence-electron chi connectivity index (χ1n) is 9.26. The number of amides is 3. The van der Waals surface area contributed by atoms with E-state index in [9.17, 15) is 14.4 Å². The fourth-order valence-electron chi connectivity index (χ4n) is 3.54. The average Bonchev–Trinajstić information content (AvgIpc) is 2.54.